The third kappa shape index (κ3) is 2.12. The number of rotatable bonds is 3. The van der Waals surface area contributed by atoms with E-state index in [0.29, 0.717) is 23.7 Å². The Morgan fingerprint density at radius 1 is 1.55 bits per heavy atom. The third-order valence-corrected chi connectivity index (χ3v) is 3.91. The van der Waals surface area contributed by atoms with Crippen LogP contribution >= 0.6 is 0 Å². The average molecular weight is 276 g/mol. The number of carboxylic acids is 1. The molecule has 20 heavy (non-hydrogen) atoms. The molecule has 3 rings (SSSR count). The number of hydrogen-bond acceptors (Lipinski definition) is 5. The van der Waals surface area contributed by atoms with Gasteiger partial charge in [0.2, 0.25) is 0 Å². The van der Waals surface area contributed by atoms with Crippen molar-refractivity contribution in [2.24, 2.45) is 0 Å². The van der Waals surface area contributed by atoms with Gasteiger partial charge in [-0.1, -0.05) is 0 Å². The molecule has 0 radical (unpaired) electrons. The number of nitrogens with one attached hydrogen (secondary N) is 1. The number of benzene rings is 1. The second-order valence-electron chi connectivity index (χ2n) is 5.31. The van der Waals surface area contributed by atoms with Crippen molar-refractivity contribution in [1.82, 2.24) is 4.98 Å². The second-order valence-corrected chi connectivity index (χ2v) is 5.31. The smallest absolute Gasteiger partial charge is 0.335 e. The SMILES string of the molecule is CC1OCCC1(C)Nc1nc2ccc(C(=O)O)cc2o1. The van der Waals surface area contributed by atoms with Crippen LogP contribution in [0.2, 0.25) is 0 Å². The molecule has 106 valence electrons. The first-order chi connectivity index (χ1) is 9.48. The predicted molar refractivity (Wildman–Crippen MR) is 73.0 cm³/mol. The molecular formula is C14H16N2O4. The van der Waals surface area contributed by atoms with E-state index in [1.54, 1.807) is 6.07 Å². The zero-order valence-corrected chi connectivity index (χ0v) is 11.3. The molecule has 0 amide bonds. The average Bonchev–Trinajstić information content (AvgIpc) is 2.92. The van der Waals surface area contributed by atoms with Crippen LogP contribution in [0.3, 0.4) is 0 Å². The lowest BCUT2D eigenvalue weighted by Crippen LogP contribution is -2.41. The highest BCUT2D eigenvalue weighted by Crippen LogP contribution is 2.30. The Hall–Kier alpha value is -2.08. The van der Waals surface area contributed by atoms with Gasteiger partial charge in [0.15, 0.2) is 5.58 Å². The summed E-state index contributed by atoms with van der Waals surface area (Å²) in [5, 5.41) is 12.2. The topological polar surface area (TPSA) is 84.6 Å². The van der Waals surface area contributed by atoms with E-state index in [0.717, 1.165) is 6.42 Å². The van der Waals surface area contributed by atoms with Crippen LogP contribution in [-0.2, 0) is 4.74 Å². The number of nitrogens with zero attached hydrogens (tertiary/aromatic N) is 1. The summed E-state index contributed by atoms with van der Waals surface area (Å²) < 4.78 is 11.1. The fourth-order valence-corrected chi connectivity index (χ4v) is 2.35. The van der Waals surface area contributed by atoms with Crippen LogP contribution in [-0.4, -0.2) is 34.3 Å². The summed E-state index contributed by atoms with van der Waals surface area (Å²) in [5.74, 6) is -0.984. The summed E-state index contributed by atoms with van der Waals surface area (Å²) in [6.07, 6.45) is 0.930. The molecule has 2 atom stereocenters. The number of fused-ring (bicyclic) bond motifs is 1. The maximum Gasteiger partial charge on any atom is 0.335 e. The molecule has 1 fully saturated rings. The van der Waals surface area contributed by atoms with Crippen molar-refractivity contribution in [3.8, 4) is 0 Å². The highest BCUT2D eigenvalue weighted by Gasteiger charge is 2.38. The van der Waals surface area contributed by atoms with Crippen LogP contribution in [0.1, 0.15) is 30.6 Å². The fraction of sp³-hybridized carbons (Fsp3) is 0.429. The van der Waals surface area contributed by atoms with Gasteiger partial charge in [0.05, 0.1) is 17.2 Å². The van der Waals surface area contributed by atoms with Crippen LogP contribution in [0.4, 0.5) is 6.01 Å². The van der Waals surface area contributed by atoms with Crippen molar-refractivity contribution in [2.45, 2.75) is 31.9 Å². The van der Waals surface area contributed by atoms with Crippen molar-refractivity contribution in [2.75, 3.05) is 11.9 Å². The first-order valence-corrected chi connectivity index (χ1v) is 6.52. The molecule has 1 aromatic carbocycles. The minimum absolute atomic E-state index is 0.0621. The molecular weight excluding hydrogens is 260 g/mol. The molecule has 1 aliphatic rings. The van der Waals surface area contributed by atoms with Crippen LogP contribution in [0.15, 0.2) is 22.6 Å². The number of ether oxygens (including phenoxy) is 1. The lowest BCUT2D eigenvalue weighted by molar-refractivity contribution is 0.0697. The third-order valence-electron chi connectivity index (χ3n) is 3.91. The Kier molecular flexibility index (Phi) is 2.90. The molecule has 2 unspecified atom stereocenters. The Morgan fingerprint density at radius 3 is 3.00 bits per heavy atom. The number of hydrogen-bond donors (Lipinski definition) is 2. The molecule has 0 aliphatic carbocycles. The van der Waals surface area contributed by atoms with Gasteiger partial charge in [0.25, 0.3) is 6.01 Å². The molecule has 1 aromatic heterocycles. The van der Waals surface area contributed by atoms with Crippen LogP contribution < -0.4 is 5.32 Å². The van der Waals surface area contributed by atoms with Gasteiger partial charge in [0, 0.05) is 6.61 Å². The summed E-state index contributed by atoms with van der Waals surface area (Å²) in [7, 11) is 0. The highest BCUT2D eigenvalue weighted by atomic mass is 16.5. The highest BCUT2D eigenvalue weighted by molar-refractivity contribution is 5.92. The molecule has 6 heteroatoms. The van der Waals surface area contributed by atoms with Gasteiger partial charge in [-0.15, -0.1) is 0 Å². The van der Waals surface area contributed by atoms with Gasteiger partial charge in [-0.05, 0) is 38.5 Å². The summed E-state index contributed by atoms with van der Waals surface area (Å²) in [5.41, 5.74) is 1.05. The number of carbonyl (C=O) groups is 1. The van der Waals surface area contributed by atoms with Gasteiger partial charge < -0.3 is 19.6 Å². The van der Waals surface area contributed by atoms with Crippen LogP contribution in [0.5, 0.6) is 0 Å². The zero-order valence-electron chi connectivity index (χ0n) is 11.3. The monoisotopic (exact) mass is 276 g/mol. The van der Waals surface area contributed by atoms with Crippen molar-refractivity contribution in [1.29, 1.82) is 0 Å². The normalized spacial score (nSPS) is 26.0. The quantitative estimate of drug-likeness (QED) is 0.896. The van der Waals surface area contributed by atoms with E-state index >= 15 is 0 Å². The molecule has 0 bridgehead atoms. The van der Waals surface area contributed by atoms with E-state index in [-0.39, 0.29) is 17.2 Å². The van der Waals surface area contributed by atoms with Gasteiger partial charge in [-0.3, -0.25) is 0 Å². The van der Waals surface area contributed by atoms with Gasteiger partial charge in [-0.2, -0.15) is 4.98 Å². The number of oxazole rings is 1. The van der Waals surface area contributed by atoms with Gasteiger partial charge in [-0.25, -0.2) is 4.79 Å². The molecule has 1 saturated heterocycles. The second kappa shape index (κ2) is 4.49. The summed E-state index contributed by atoms with van der Waals surface area (Å²) in [6, 6.07) is 5.03. The Morgan fingerprint density at radius 2 is 2.35 bits per heavy atom. The maximum atomic E-state index is 10.9. The Labute approximate surface area is 115 Å². The molecule has 0 saturated carbocycles. The minimum atomic E-state index is -0.984. The molecule has 1 aliphatic heterocycles. The van der Waals surface area contributed by atoms with Gasteiger partial charge >= 0.3 is 5.97 Å². The Balaban J connectivity index is 1.91. The Bertz CT molecular complexity index is 666. The van der Waals surface area contributed by atoms with Crippen molar-refractivity contribution in [3.05, 3.63) is 23.8 Å². The van der Waals surface area contributed by atoms with Crippen LogP contribution in [0, 0.1) is 0 Å². The van der Waals surface area contributed by atoms with Gasteiger partial charge in [0.1, 0.15) is 5.52 Å². The zero-order chi connectivity index (χ0) is 14.3. The van der Waals surface area contributed by atoms with Crippen molar-refractivity contribution >= 4 is 23.1 Å². The predicted octanol–water partition coefficient (Wildman–Crippen LogP) is 2.51. The minimum Gasteiger partial charge on any atom is -0.478 e. The van der Waals surface area contributed by atoms with E-state index in [1.807, 2.05) is 6.92 Å². The summed E-state index contributed by atoms with van der Waals surface area (Å²) in [4.78, 5) is 15.3. The lowest BCUT2D eigenvalue weighted by Gasteiger charge is -2.27. The largest absolute Gasteiger partial charge is 0.478 e. The molecule has 6 nitrogen and oxygen atoms in total. The fourth-order valence-electron chi connectivity index (χ4n) is 2.35. The molecule has 2 aromatic rings. The molecule has 2 heterocycles. The van der Waals surface area contributed by atoms with E-state index in [4.69, 9.17) is 14.3 Å². The lowest BCUT2D eigenvalue weighted by atomic mass is 9.95. The summed E-state index contributed by atoms with van der Waals surface area (Å²) >= 11 is 0. The van der Waals surface area contributed by atoms with E-state index in [9.17, 15) is 4.79 Å². The van der Waals surface area contributed by atoms with E-state index in [2.05, 4.69) is 17.2 Å². The summed E-state index contributed by atoms with van der Waals surface area (Å²) in [6.45, 7) is 4.77. The van der Waals surface area contributed by atoms with E-state index < -0.39 is 5.97 Å². The standard InChI is InChI=1S/C14H16N2O4/c1-8-14(2,5-6-19-8)16-13-15-10-4-3-9(12(17)18)7-11(10)20-13/h3-4,7-8H,5-6H2,1-2H3,(H,15,16)(H,17,18). The van der Waals surface area contributed by atoms with Crippen molar-refractivity contribution in [3.63, 3.8) is 0 Å². The van der Waals surface area contributed by atoms with Crippen LogP contribution in [0.25, 0.3) is 11.1 Å². The number of aromatic nitrogens is 1. The number of carboxylic acid groups (broad SMARTS) is 1. The maximum absolute atomic E-state index is 10.9. The number of aromatic carboxylic acids is 1. The first kappa shape index (κ1) is 12.9. The molecule has 2 N–H and O–H groups in total. The van der Waals surface area contributed by atoms with E-state index in [1.165, 1.54) is 12.1 Å². The number of anilines is 1. The van der Waals surface area contributed by atoms with Crippen molar-refractivity contribution < 1.29 is 19.1 Å². The molecule has 0 spiro atoms. The first-order valence-electron chi connectivity index (χ1n) is 6.52.